The van der Waals surface area contributed by atoms with Gasteiger partial charge in [0.1, 0.15) is 5.82 Å². The van der Waals surface area contributed by atoms with Gasteiger partial charge in [0, 0.05) is 37.8 Å². The quantitative estimate of drug-likeness (QED) is 0.911. The number of hydrogen-bond donors (Lipinski definition) is 1. The van der Waals surface area contributed by atoms with Crippen LogP contribution < -0.4 is 5.32 Å². The van der Waals surface area contributed by atoms with E-state index in [-0.39, 0.29) is 29.3 Å². The molecule has 1 aliphatic carbocycles. The van der Waals surface area contributed by atoms with Crippen LogP contribution in [-0.2, 0) is 0 Å². The average molecular weight is 319 g/mol. The van der Waals surface area contributed by atoms with E-state index in [4.69, 9.17) is 11.6 Å². The summed E-state index contributed by atoms with van der Waals surface area (Å²) in [6.07, 6.45) is 3.66. The number of nitrogens with zero attached hydrogens (tertiary/aromatic N) is 1. The third-order valence-corrected chi connectivity index (χ3v) is 4.48. The minimum absolute atomic E-state index is 0. The van der Waals surface area contributed by atoms with E-state index in [0.717, 1.165) is 44.1 Å². The summed E-state index contributed by atoms with van der Waals surface area (Å²) in [4.78, 5) is 2.41. The van der Waals surface area contributed by atoms with Crippen molar-refractivity contribution in [3.8, 4) is 0 Å². The van der Waals surface area contributed by atoms with Crippen molar-refractivity contribution in [1.82, 2.24) is 10.2 Å². The molecule has 2 fully saturated rings. The Morgan fingerprint density at radius 1 is 1.30 bits per heavy atom. The van der Waals surface area contributed by atoms with Gasteiger partial charge >= 0.3 is 0 Å². The number of piperazine rings is 1. The number of hydrogen-bond acceptors (Lipinski definition) is 2. The van der Waals surface area contributed by atoms with Crippen LogP contribution in [0.3, 0.4) is 0 Å². The van der Waals surface area contributed by atoms with E-state index >= 15 is 0 Å². The first kappa shape index (κ1) is 16.0. The Labute approximate surface area is 131 Å². The number of rotatable bonds is 4. The third kappa shape index (κ3) is 3.64. The van der Waals surface area contributed by atoms with Crippen LogP contribution >= 0.6 is 24.0 Å². The molecule has 2 nitrogen and oxygen atoms in total. The van der Waals surface area contributed by atoms with Crippen molar-refractivity contribution >= 4 is 24.0 Å². The SMILES string of the molecule is Cl.Fc1c(Cl)cccc1[C@H](CC1CC1)N1CCNCC1. The second-order valence-electron chi connectivity index (χ2n) is 5.62. The molecule has 1 N–H and O–H groups in total. The first-order chi connectivity index (χ1) is 9.25. The Hall–Kier alpha value is -0.350. The fourth-order valence-electron chi connectivity index (χ4n) is 2.91. The summed E-state index contributed by atoms with van der Waals surface area (Å²) in [7, 11) is 0. The lowest BCUT2D eigenvalue weighted by molar-refractivity contribution is 0.157. The highest BCUT2D eigenvalue weighted by Crippen LogP contribution is 2.41. The molecule has 1 aromatic carbocycles. The van der Waals surface area contributed by atoms with Crippen LogP contribution in [0.1, 0.15) is 30.9 Å². The fourth-order valence-corrected chi connectivity index (χ4v) is 3.10. The highest BCUT2D eigenvalue weighted by molar-refractivity contribution is 6.30. The minimum atomic E-state index is -0.228. The summed E-state index contributed by atoms with van der Waals surface area (Å²) in [5, 5.41) is 3.60. The van der Waals surface area contributed by atoms with Gasteiger partial charge in [-0.05, 0) is 18.4 Å². The lowest BCUT2D eigenvalue weighted by Crippen LogP contribution is -2.45. The van der Waals surface area contributed by atoms with Crippen molar-refractivity contribution in [2.75, 3.05) is 26.2 Å². The molecule has 20 heavy (non-hydrogen) atoms. The van der Waals surface area contributed by atoms with Crippen LogP contribution in [0.2, 0.25) is 5.02 Å². The molecule has 0 unspecified atom stereocenters. The Balaban J connectivity index is 0.00000147. The molecule has 0 spiro atoms. The number of benzene rings is 1. The van der Waals surface area contributed by atoms with E-state index in [1.165, 1.54) is 12.8 Å². The second kappa shape index (κ2) is 7.08. The molecule has 1 saturated carbocycles. The summed E-state index contributed by atoms with van der Waals surface area (Å²) in [6, 6.07) is 5.58. The Morgan fingerprint density at radius 2 is 2.00 bits per heavy atom. The average Bonchev–Trinajstić information content (AvgIpc) is 3.25. The maximum atomic E-state index is 14.3. The van der Waals surface area contributed by atoms with Gasteiger partial charge in [-0.15, -0.1) is 12.4 Å². The second-order valence-corrected chi connectivity index (χ2v) is 6.03. The summed E-state index contributed by atoms with van der Waals surface area (Å²) in [5.74, 6) is 0.548. The van der Waals surface area contributed by atoms with Crippen LogP contribution in [0, 0.1) is 11.7 Å². The maximum absolute atomic E-state index is 14.3. The summed E-state index contributed by atoms with van der Waals surface area (Å²) < 4.78 is 14.3. The predicted octanol–water partition coefficient (Wildman–Crippen LogP) is 3.65. The molecular formula is C15H21Cl2FN2. The topological polar surface area (TPSA) is 15.3 Å². The molecule has 1 aromatic rings. The molecule has 1 atom stereocenters. The Morgan fingerprint density at radius 3 is 2.65 bits per heavy atom. The van der Waals surface area contributed by atoms with Gasteiger partial charge in [0.05, 0.1) is 5.02 Å². The highest BCUT2D eigenvalue weighted by Gasteiger charge is 2.32. The van der Waals surface area contributed by atoms with Crippen LogP contribution in [0.15, 0.2) is 18.2 Å². The van der Waals surface area contributed by atoms with Crippen LogP contribution in [-0.4, -0.2) is 31.1 Å². The number of halogens is 3. The van der Waals surface area contributed by atoms with Crippen molar-refractivity contribution in [3.05, 3.63) is 34.6 Å². The van der Waals surface area contributed by atoms with Crippen LogP contribution in [0.5, 0.6) is 0 Å². The van der Waals surface area contributed by atoms with Gasteiger partial charge in [-0.3, -0.25) is 4.90 Å². The fraction of sp³-hybridized carbons (Fsp3) is 0.600. The molecule has 0 amide bonds. The van der Waals surface area contributed by atoms with E-state index in [2.05, 4.69) is 10.2 Å². The first-order valence-corrected chi connectivity index (χ1v) is 7.52. The normalized spacial score (nSPS) is 21.3. The van der Waals surface area contributed by atoms with Gasteiger partial charge in [0.2, 0.25) is 0 Å². The third-order valence-electron chi connectivity index (χ3n) is 4.19. The summed E-state index contributed by atoms with van der Waals surface area (Å²) in [6.45, 7) is 3.96. The molecule has 0 bridgehead atoms. The van der Waals surface area contributed by atoms with Crippen molar-refractivity contribution in [1.29, 1.82) is 0 Å². The van der Waals surface area contributed by atoms with E-state index in [0.29, 0.717) is 0 Å². The maximum Gasteiger partial charge on any atom is 0.146 e. The Kier molecular flexibility index (Phi) is 5.67. The van der Waals surface area contributed by atoms with Crippen molar-refractivity contribution in [3.63, 3.8) is 0 Å². The highest BCUT2D eigenvalue weighted by atomic mass is 35.5. The molecule has 1 aliphatic heterocycles. The zero-order chi connectivity index (χ0) is 13.2. The largest absolute Gasteiger partial charge is 0.314 e. The molecule has 1 saturated heterocycles. The predicted molar refractivity (Wildman–Crippen MR) is 83.2 cm³/mol. The van der Waals surface area contributed by atoms with E-state index in [1.54, 1.807) is 6.07 Å². The number of nitrogens with one attached hydrogen (secondary N) is 1. The molecule has 3 rings (SSSR count). The zero-order valence-electron chi connectivity index (χ0n) is 11.4. The first-order valence-electron chi connectivity index (χ1n) is 7.14. The molecule has 112 valence electrons. The molecule has 0 aromatic heterocycles. The van der Waals surface area contributed by atoms with E-state index in [9.17, 15) is 4.39 Å². The molecule has 0 radical (unpaired) electrons. The van der Waals surface area contributed by atoms with Crippen molar-refractivity contribution in [2.24, 2.45) is 5.92 Å². The van der Waals surface area contributed by atoms with Crippen molar-refractivity contribution in [2.45, 2.75) is 25.3 Å². The van der Waals surface area contributed by atoms with Gasteiger partial charge in [-0.2, -0.15) is 0 Å². The van der Waals surface area contributed by atoms with Crippen molar-refractivity contribution < 1.29 is 4.39 Å². The van der Waals surface area contributed by atoms with E-state index < -0.39 is 0 Å². The summed E-state index contributed by atoms with van der Waals surface area (Å²) in [5.41, 5.74) is 0.779. The van der Waals surface area contributed by atoms with E-state index in [1.807, 2.05) is 12.1 Å². The smallest absolute Gasteiger partial charge is 0.146 e. The van der Waals surface area contributed by atoms with Crippen LogP contribution in [0.25, 0.3) is 0 Å². The summed E-state index contributed by atoms with van der Waals surface area (Å²) >= 11 is 5.94. The minimum Gasteiger partial charge on any atom is -0.314 e. The van der Waals surface area contributed by atoms with Gasteiger partial charge < -0.3 is 5.32 Å². The standard InChI is InChI=1S/C15H20ClFN2.ClH/c16-13-3-1-2-12(15(13)17)14(10-11-4-5-11)19-8-6-18-7-9-19;/h1-3,11,14,18H,4-10H2;1H/t14-;/m0./s1. The van der Waals surface area contributed by atoms with Crippen LogP contribution in [0.4, 0.5) is 4.39 Å². The lowest BCUT2D eigenvalue weighted by atomic mass is 9.98. The Bertz CT molecular complexity index is 445. The monoisotopic (exact) mass is 318 g/mol. The van der Waals surface area contributed by atoms with Gasteiger partial charge in [-0.1, -0.05) is 36.6 Å². The molecular weight excluding hydrogens is 298 g/mol. The zero-order valence-corrected chi connectivity index (χ0v) is 13.0. The van der Waals surface area contributed by atoms with Gasteiger partial charge in [0.15, 0.2) is 0 Å². The molecule has 5 heteroatoms. The lowest BCUT2D eigenvalue weighted by Gasteiger charge is -2.35. The molecule has 1 heterocycles. The molecule has 2 aliphatic rings. The van der Waals surface area contributed by atoms with Gasteiger partial charge in [-0.25, -0.2) is 4.39 Å². The van der Waals surface area contributed by atoms with Gasteiger partial charge in [0.25, 0.3) is 0 Å².